The Bertz CT molecular complexity index is 1440. The number of alkyl halides is 3. The lowest BCUT2D eigenvalue weighted by Crippen LogP contribution is -2.58. The molecule has 4 rings (SSSR count). The second-order valence-corrected chi connectivity index (χ2v) is 14.0. The van der Waals surface area contributed by atoms with Gasteiger partial charge in [0.05, 0.1) is 22.0 Å². The smallest absolute Gasteiger partial charge is 0.465 e. The van der Waals surface area contributed by atoms with Crippen LogP contribution in [0.15, 0.2) is 42.5 Å². The van der Waals surface area contributed by atoms with Crippen molar-refractivity contribution in [3.05, 3.63) is 69.2 Å². The monoisotopic (exact) mass is 670 g/mol. The van der Waals surface area contributed by atoms with Gasteiger partial charge >= 0.3 is 18.2 Å². The van der Waals surface area contributed by atoms with Gasteiger partial charge in [0, 0.05) is 44.2 Å². The summed E-state index contributed by atoms with van der Waals surface area (Å²) in [4.78, 5) is 41.5. The summed E-state index contributed by atoms with van der Waals surface area (Å²) in [5, 5.41) is 13.8. The molecule has 13 heteroatoms. The van der Waals surface area contributed by atoms with Gasteiger partial charge in [-0.05, 0) is 75.4 Å². The first-order valence-corrected chi connectivity index (χ1v) is 15.5. The first-order chi connectivity index (χ1) is 20.9. The Hall–Kier alpha value is -3.02. The fraction of sp³-hybridized carbons (Fsp3) is 0.531. The molecule has 1 fully saturated rings. The van der Waals surface area contributed by atoms with E-state index >= 15 is 0 Å². The molecule has 2 heterocycles. The van der Waals surface area contributed by atoms with Crippen LogP contribution in [0.5, 0.6) is 0 Å². The second-order valence-electron chi connectivity index (χ2n) is 13.2. The van der Waals surface area contributed by atoms with Gasteiger partial charge in [-0.1, -0.05) is 53.5 Å². The van der Waals surface area contributed by atoms with Crippen LogP contribution in [-0.2, 0) is 27.0 Å². The van der Waals surface area contributed by atoms with Crippen LogP contribution < -0.4 is 5.32 Å². The van der Waals surface area contributed by atoms with E-state index in [4.69, 9.17) is 23.2 Å². The number of likely N-dealkylation sites (tertiary alicyclic amines) is 1. The van der Waals surface area contributed by atoms with E-state index in [1.165, 1.54) is 17.0 Å². The number of piperidine rings is 1. The third kappa shape index (κ3) is 7.69. The normalized spacial score (nSPS) is 18.1. The Morgan fingerprint density at radius 2 is 1.67 bits per heavy atom. The molecule has 2 aromatic carbocycles. The molecule has 0 aromatic heterocycles. The van der Waals surface area contributed by atoms with Gasteiger partial charge in [0.1, 0.15) is 0 Å². The molecule has 2 aromatic rings. The maximum absolute atomic E-state index is 13.6. The van der Waals surface area contributed by atoms with E-state index in [0.29, 0.717) is 49.4 Å². The molecule has 1 saturated heterocycles. The zero-order valence-corrected chi connectivity index (χ0v) is 27.3. The number of amides is 3. The van der Waals surface area contributed by atoms with Crippen LogP contribution >= 0.6 is 23.2 Å². The van der Waals surface area contributed by atoms with Gasteiger partial charge in [0.2, 0.25) is 5.91 Å². The molecule has 1 atom stereocenters. The van der Waals surface area contributed by atoms with Crippen molar-refractivity contribution in [1.82, 2.24) is 20.0 Å². The van der Waals surface area contributed by atoms with Crippen molar-refractivity contribution in [2.75, 3.05) is 39.8 Å². The number of likely N-dealkylation sites (N-methyl/N-ethyl adjacent to an activating group) is 1. The lowest BCUT2D eigenvalue weighted by molar-refractivity contribution is -0.185. The van der Waals surface area contributed by atoms with Crippen molar-refractivity contribution in [1.29, 1.82) is 0 Å². The quantitative estimate of drug-likeness (QED) is 0.355. The summed E-state index contributed by atoms with van der Waals surface area (Å²) in [5.74, 6) is -2.06. The lowest BCUT2D eigenvalue weighted by Gasteiger charge is -2.48. The van der Waals surface area contributed by atoms with Crippen LogP contribution in [0.2, 0.25) is 10.0 Å². The highest BCUT2D eigenvalue weighted by molar-refractivity contribution is 6.42. The van der Waals surface area contributed by atoms with E-state index in [2.05, 4.69) is 10.2 Å². The Labute approximate surface area is 271 Å². The minimum Gasteiger partial charge on any atom is -0.465 e. The van der Waals surface area contributed by atoms with Gasteiger partial charge < -0.3 is 25.1 Å². The molecular formula is C32H39Cl2F3N4O4. The fourth-order valence-corrected chi connectivity index (χ4v) is 6.91. The van der Waals surface area contributed by atoms with E-state index in [9.17, 15) is 32.7 Å². The summed E-state index contributed by atoms with van der Waals surface area (Å²) in [7, 11) is 1.07. The Kier molecular flexibility index (Phi) is 10.1. The molecule has 45 heavy (non-hydrogen) atoms. The minimum absolute atomic E-state index is 0.0332. The van der Waals surface area contributed by atoms with E-state index in [1.807, 2.05) is 24.3 Å². The Balaban J connectivity index is 1.69. The topological polar surface area (TPSA) is 93.2 Å². The molecular weight excluding hydrogens is 632 g/mol. The highest BCUT2D eigenvalue weighted by atomic mass is 35.5. The third-order valence-corrected chi connectivity index (χ3v) is 9.78. The number of nitrogens with zero attached hydrogens (tertiary/aromatic N) is 3. The molecule has 2 aliphatic rings. The Morgan fingerprint density at radius 3 is 2.24 bits per heavy atom. The van der Waals surface area contributed by atoms with Crippen molar-refractivity contribution in [3.8, 4) is 0 Å². The average Bonchev–Trinajstić information content (AvgIpc) is 2.95. The summed E-state index contributed by atoms with van der Waals surface area (Å²) < 4.78 is 40.8. The van der Waals surface area contributed by atoms with Gasteiger partial charge in [-0.25, -0.2) is 4.79 Å². The van der Waals surface area contributed by atoms with Crippen LogP contribution in [0.25, 0.3) is 0 Å². The first-order valence-electron chi connectivity index (χ1n) is 14.8. The number of carboxylic acid groups (broad SMARTS) is 1. The van der Waals surface area contributed by atoms with Crippen LogP contribution in [-0.4, -0.2) is 89.2 Å². The summed E-state index contributed by atoms with van der Waals surface area (Å²) >= 11 is 12.6. The summed E-state index contributed by atoms with van der Waals surface area (Å²) in [6.45, 7) is 6.03. The maximum Gasteiger partial charge on any atom is 0.471 e. The van der Waals surface area contributed by atoms with Gasteiger partial charge in [0.25, 0.3) is 0 Å². The van der Waals surface area contributed by atoms with Gasteiger partial charge in [0.15, 0.2) is 0 Å². The number of carbonyl (C=O) groups excluding carboxylic acids is 2. The molecule has 246 valence electrons. The zero-order valence-electron chi connectivity index (χ0n) is 25.8. The molecule has 0 radical (unpaired) electrons. The number of hydrogen-bond donors (Lipinski definition) is 2. The predicted octanol–water partition coefficient (Wildman–Crippen LogP) is 6.08. The standard InChI is InChI=1S/C32H39Cl2F3N4O4/c1-29(2,3)41(28(44)45)20-30(19-39(4)27(43)32(35,36)37,22-9-10-24(33)25(34)18-22)11-14-40-15-12-31(13-16-40)23-8-6-5-7-21(23)17-26(42)38-31/h5-10,18H,11-17,19-20H2,1-4H3,(H,38,42)(H,44,45). The molecule has 0 saturated carbocycles. The van der Waals surface area contributed by atoms with Gasteiger partial charge in [-0.2, -0.15) is 13.2 Å². The van der Waals surface area contributed by atoms with E-state index in [1.54, 1.807) is 26.8 Å². The van der Waals surface area contributed by atoms with Crippen molar-refractivity contribution in [3.63, 3.8) is 0 Å². The average molecular weight is 672 g/mol. The molecule has 1 spiro atoms. The summed E-state index contributed by atoms with van der Waals surface area (Å²) in [6, 6.07) is 12.6. The summed E-state index contributed by atoms with van der Waals surface area (Å²) in [6.07, 6.45) is -4.57. The Morgan fingerprint density at radius 1 is 1.02 bits per heavy atom. The van der Waals surface area contributed by atoms with Crippen molar-refractivity contribution in [2.24, 2.45) is 0 Å². The van der Waals surface area contributed by atoms with E-state index in [-0.39, 0.29) is 28.9 Å². The zero-order chi connectivity index (χ0) is 33.4. The number of rotatable bonds is 8. The molecule has 2 N–H and O–H groups in total. The SMILES string of the molecule is CN(CC(CCN1CCC2(CC1)NC(=O)Cc1ccccc12)(CN(C(=O)O)C(C)(C)C)c1ccc(Cl)c(Cl)c1)C(=O)C(F)(F)F. The number of hydrogen-bond acceptors (Lipinski definition) is 4. The molecule has 8 nitrogen and oxygen atoms in total. The molecule has 2 aliphatic heterocycles. The van der Waals surface area contributed by atoms with Crippen molar-refractivity contribution >= 4 is 41.1 Å². The number of benzene rings is 2. The van der Waals surface area contributed by atoms with Crippen molar-refractivity contribution in [2.45, 2.75) is 69.1 Å². The molecule has 0 aliphatic carbocycles. The number of fused-ring (bicyclic) bond motifs is 2. The fourth-order valence-electron chi connectivity index (χ4n) is 6.62. The lowest BCUT2D eigenvalue weighted by atomic mass is 9.74. The predicted molar refractivity (Wildman–Crippen MR) is 167 cm³/mol. The van der Waals surface area contributed by atoms with Crippen LogP contribution in [0, 0.1) is 0 Å². The van der Waals surface area contributed by atoms with Crippen molar-refractivity contribution < 1.29 is 32.7 Å². The van der Waals surface area contributed by atoms with Crippen LogP contribution in [0.3, 0.4) is 0 Å². The number of nitrogens with one attached hydrogen (secondary N) is 1. The number of carbonyl (C=O) groups is 3. The second kappa shape index (κ2) is 13.0. The third-order valence-electron chi connectivity index (χ3n) is 9.04. The van der Waals surface area contributed by atoms with E-state index < -0.39 is 41.2 Å². The molecule has 1 unspecified atom stereocenters. The van der Waals surface area contributed by atoms with E-state index in [0.717, 1.165) is 18.2 Å². The maximum atomic E-state index is 13.6. The highest BCUT2D eigenvalue weighted by Crippen LogP contribution is 2.40. The molecule has 0 bridgehead atoms. The van der Waals surface area contributed by atoms with Crippen LogP contribution in [0.1, 0.15) is 56.7 Å². The van der Waals surface area contributed by atoms with Gasteiger partial charge in [-0.15, -0.1) is 0 Å². The number of halogens is 5. The summed E-state index contributed by atoms with van der Waals surface area (Å²) in [5.41, 5.74) is -0.142. The van der Waals surface area contributed by atoms with Gasteiger partial charge in [-0.3, -0.25) is 9.59 Å². The minimum atomic E-state index is -5.11. The van der Waals surface area contributed by atoms with Crippen LogP contribution in [0.4, 0.5) is 18.0 Å². The highest BCUT2D eigenvalue weighted by Gasteiger charge is 2.47. The first kappa shape index (κ1) is 34.8. The largest absolute Gasteiger partial charge is 0.471 e. The molecule has 3 amide bonds.